The molecule has 1 aliphatic carbocycles. The molecule has 6 heteroatoms. The van der Waals surface area contributed by atoms with Gasteiger partial charge in [-0.1, -0.05) is 23.8 Å². The summed E-state index contributed by atoms with van der Waals surface area (Å²) in [4.78, 5) is 0. The number of rotatable bonds is 4. The zero-order chi connectivity index (χ0) is 19.1. The highest BCUT2D eigenvalue weighted by Crippen LogP contribution is 2.55. The zero-order valence-corrected chi connectivity index (χ0v) is 17.7. The Kier molecular flexibility index (Phi) is 4.99. The van der Waals surface area contributed by atoms with Crippen molar-refractivity contribution >= 4 is 33.2 Å². The molecule has 1 aliphatic heterocycles. The number of hydrogen-bond acceptors (Lipinski definition) is 4. The average Bonchev–Trinajstić information content (AvgIpc) is 3.16. The Morgan fingerprint density at radius 3 is 2.56 bits per heavy atom. The van der Waals surface area contributed by atoms with E-state index < -0.39 is 0 Å². The van der Waals surface area contributed by atoms with Gasteiger partial charge in [0.2, 0.25) is 0 Å². The van der Waals surface area contributed by atoms with Crippen molar-refractivity contribution in [2.45, 2.75) is 18.4 Å². The van der Waals surface area contributed by atoms with Crippen LogP contribution in [0, 0.1) is 5.92 Å². The Morgan fingerprint density at radius 1 is 1.07 bits per heavy atom. The fourth-order valence-electron chi connectivity index (χ4n) is 4.25. The predicted octanol–water partition coefficient (Wildman–Crippen LogP) is 5.95. The summed E-state index contributed by atoms with van der Waals surface area (Å²) in [6.45, 7) is 0. The van der Waals surface area contributed by atoms with Gasteiger partial charge in [-0.2, -0.15) is 0 Å². The smallest absolute Gasteiger partial charge is 0.174 e. The molecule has 3 atom stereocenters. The van der Waals surface area contributed by atoms with Crippen LogP contribution in [0.5, 0.6) is 17.2 Å². The van der Waals surface area contributed by atoms with Crippen molar-refractivity contribution in [3.05, 3.63) is 57.0 Å². The van der Waals surface area contributed by atoms with Crippen molar-refractivity contribution in [3.8, 4) is 17.2 Å². The summed E-state index contributed by atoms with van der Waals surface area (Å²) in [6.07, 6.45) is 5.49. The largest absolute Gasteiger partial charge is 0.495 e. The van der Waals surface area contributed by atoms with E-state index in [2.05, 4.69) is 39.5 Å². The van der Waals surface area contributed by atoms with Gasteiger partial charge in [-0.15, -0.1) is 0 Å². The van der Waals surface area contributed by atoms with Crippen LogP contribution in [-0.2, 0) is 0 Å². The molecular weight excluding hydrogens is 430 g/mol. The summed E-state index contributed by atoms with van der Waals surface area (Å²) >= 11 is 10.2. The summed E-state index contributed by atoms with van der Waals surface area (Å²) in [5.41, 5.74) is 3.21. The summed E-state index contributed by atoms with van der Waals surface area (Å²) < 4.78 is 17.5. The minimum atomic E-state index is 0.0981. The molecule has 0 bridgehead atoms. The molecule has 1 N–H and O–H groups in total. The molecule has 27 heavy (non-hydrogen) atoms. The van der Waals surface area contributed by atoms with Crippen molar-refractivity contribution in [2.75, 3.05) is 26.6 Å². The van der Waals surface area contributed by atoms with Gasteiger partial charge in [0.1, 0.15) is 5.75 Å². The van der Waals surface area contributed by atoms with E-state index >= 15 is 0 Å². The first kappa shape index (κ1) is 18.5. The van der Waals surface area contributed by atoms with Crippen molar-refractivity contribution in [3.63, 3.8) is 0 Å². The fraction of sp³-hybridized carbons (Fsp3) is 0.333. The van der Waals surface area contributed by atoms with E-state index in [1.165, 1.54) is 0 Å². The van der Waals surface area contributed by atoms with Gasteiger partial charge in [0.05, 0.1) is 37.5 Å². The quantitative estimate of drug-likeness (QED) is 0.584. The molecule has 0 fully saturated rings. The van der Waals surface area contributed by atoms with Gasteiger partial charge >= 0.3 is 0 Å². The predicted molar refractivity (Wildman–Crippen MR) is 112 cm³/mol. The topological polar surface area (TPSA) is 39.7 Å². The van der Waals surface area contributed by atoms with Gasteiger partial charge in [0, 0.05) is 16.5 Å². The third kappa shape index (κ3) is 2.97. The lowest BCUT2D eigenvalue weighted by atomic mass is 9.76. The minimum absolute atomic E-state index is 0.0981. The van der Waals surface area contributed by atoms with Crippen LogP contribution in [0.2, 0.25) is 5.02 Å². The molecule has 2 aromatic carbocycles. The van der Waals surface area contributed by atoms with Gasteiger partial charge in [0.25, 0.3) is 0 Å². The number of methoxy groups -OCH3 is 3. The molecule has 0 amide bonds. The van der Waals surface area contributed by atoms with Crippen molar-refractivity contribution in [1.29, 1.82) is 0 Å². The van der Waals surface area contributed by atoms with E-state index in [0.29, 0.717) is 17.4 Å². The van der Waals surface area contributed by atoms with Crippen LogP contribution in [0.4, 0.5) is 5.69 Å². The Hall–Kier alpha value is -1.85. The second-order valence-corrected chi connectivity index (χ2v) is 8.01. The maximum Gasteiger partial charge on any atom is 0.174 e. The first-order chi connectivity index (χ1) is 13.1. The van der Waals surface area contributed by atoms with Crippen LogP contribution < -0.4 is 19.5 Å². The van der Waals surface area contributed by atoms with E-state index in [1.807, 2.05) is 18.2 Å². The Bertz CT molecular complexity index is 915. The molecule has 0 radical (unpaired) electrons. The van der Waals surface area contributed by atoms with Crippen LogP contribution in [0.15, 0.2) is 40.9 Å². The third-order valence-electron chi connectivity index (χ3n) is 5.46. The molecule has 4 rings (SSSR count). The highest BCUT2D eigenvalue weighted by Gasteiger charge is 2.40. The van der Waals surface area contributed by atoms with Crippen LogP contribution in [0.1, 0.15) is 29.5 Å². The average molecular weight is 451 g/mol. The maximum absolute atomic E-state index is 6.57. The molecule has 0 unspecified atom stereocenters. The molecule has 0 saturated carbocycles. The number of anilines is 1. The van der Waals surface area contributed by atoms with Gasteiger partial charge in [-0.05, 0) is 58.1 Å². The highest BCUT2D eigenvalue weighted by molar-refractivity contribution is 9.10. The molecule has 2 aliphatic rings. The van der Waals surface area contributed by atoms with Gasteiger partial charge < -0.3 is 19.5 Å². The minimum Gasteiger partial charge on any atom is -0.495 e. The lowest BCUT2D eigenvalue weighted by molar-refractivity contribution is 0.350. The van der Waals surface area contributed by atoms with E-state index in [4.69, 9.17) is 25.8 Å². The van der Waals surface area contributed by atoms with Gasteiger partial charge in [-0.3, -0.25) is 0 Å². The number of benzene rings is 2. The standard InChI is InChI=1S/C21H21BrClNO3/c1-25-16-8-7-15(23)18-12-5-4-6-13(12)19(24-20(16)18)11-9-14(22)21(27-3)17(10-11)26-2/h4-5,7-10,12-13,19,24H,6H2,1-3H3/t12-,13-,19+/m1/s1. The van der Waals surface area contributed by atoms with E-state index in [9.17, 15) is 0 Å². The van der Waals surface area contributed by atoms with Gasteiger partial charge in [0.15, 0.2) is 11.5 Å². The second kappa shape index (κ2) is 7.28. The van der Waals surface area contributed by atoms with Crippen LogP contribution in [-0.4, -0.2) is 21.3 Å². The van der Waals surface area contributed by atoms with E-state index in [-0.39, 0.29) is 12.0 Å². The van der Waals surface area contributed by atoms with Crippen LogP contribution >= 0.6 is 27.5 Å². The third-order valence-corrected chi connectivity index (χ3v) is 6.38. The Labute approximate surface area is 172 Å². The fourth-order valence-corrected chi connectivity index (χ4v) is 5.16. The summed E-state index contributed by atoms with van der Waals surface area (Å²) in [5.74, 6) is 2.82. The second-order valence-electron chi connectivity index (χ2n) is 6.75. The molecule has 142 valence electrons. The molecule has 0 aromatic heterocycles. The number of nitrogens with one attached hydrogen (secondary N) is 1. The number of hydrogen-bond donors (Lipinski definition) is 1. The molecule has 1 heterocycles. The first-order valence-electron chi connectivity index (χ1n) is 8.80. The lowest BCUT2D eigenvalue weighted by Gasteiger charge is -2.38. The van der Waals surface area contributed by atoms with Crippen LogP contribution in [0.3, 0.4) is 0 Å². The number of halogens is 2. The normalized spacial score (nSPS) is 22.6. The molecule has 0 saturated heterocycles. The summed E-state index contributed by atoms with van der Waals surface area (Å²) in [5, 5.41) is 4.46. The first-order valence-corrected chi connectivity index (χ1v) is 9.97. The maximum atomic E-state index is 6.57. The number of allylic oxidation sites excluding steroid dienone is 2. The lowest BCUT2D eigenvalue weighted by Crippen LogP contribution is -2.29. The van der Waals surface area contributed by atoms with Crippen molar-refractivity contribution < 1.29 is 14.2 Å². The summed E-state index contributed by atoms with van der Waals surface area (Å²) in [6, 6.07) is 8.06. The Balaban J connectivity index is 1.85. The molecular formula is C21H21BrClNO3. The van der Waals surface area contributed by atoms with Crippen molar-refractivity contribution in [2.24, 2.45) is 5.92 Å². The molecule has 4 nitrogen and oxygen atoms in total. The van der Waals surface area contributed by atoms with Crippen LogP contribution in [0.25, 0.3) is 0 Å². The highest BCUT2D eigenvalue weighted by atomic mass is 79.9. The Morgan fingerprint density at radius 2 is 1.85 bits per heavy atom. The van der Waals surface area contributed by atoms with E-state index in [1.54, 1.807) is 21.3 Å². The molecule has 0 spiro atoms. The number of ether oxygens (including phenoxy) is 3. The molecule has 2 aromatic rings. The van der Waals surface area contributed by atoms with E-state index in [0.717, 1.165) is 38.5 Å². The van der Waals surface area contributed by atoms with Gasteiger partial charge in [-0.25, -0.2) is 0 Å². The number of fused-ring (bicyclic) bond motifs is 3. The van der Waals surface area contributed by atoms with Crippen molar-refractivity contribution in [1.82, 2.24) is 0 Å². The SMILES string of the molecule is COc1ccc(Cl)c2c1N[C@@H](c1cc(Br)c(OC)c(OC)c1)[C@@H]1CC=C[C@@H]21. The monoisotopic (exact) mass is 449 g/mol. The summed E-state index contributed by atoms with van der Waals surface area (Å²) in [7, 11) is 4.98. The zero-order valence-electron chi connectivity index (χ0n) is 15.4.